The number of alkyl carbamates (subject to hydrolysis) is 1. The van der Waals surface area contributed by atoms with Crippen molar-refractivity contribution in [2.45, 2.75) is 72.1 Å². The second-order valence-corrected chi connectivity index (χ2v) is 17.5. The Bertz CT molecular complexity index is 2980. The van der Waals surface area contributed by atoms with E-state index in [9.17, 15) is 19.2 Å². The number of aromatic amines is 2. The molecule has 66 heavy (non-hydrogen) atoms. The molecular formula is C52H56N8O6. The van der Waals surface area contributed by atoms with E-state index >= 15 is 0 Å². The molecule has 0 saturated heterocycles. The van der Waals surface area contributed by atoms with Gasteiger partial charge >= 0.3 is 6.09 Å². The van der Waals surface area contributed by atoms with Gasteiger partial charge in [0.25, 0.3) is 0 Å². The zero-order chi connectivity index (χ0) is 46.5. The predicted molar refractivity (Wildman–Crippen MR) is 255 cm³/mol. The van der Waals surface area contributed by atoms with Crippen molar-refractivity contribution in [3.8, 4) is 23.2 Å². The highest BCUT2D eigenvalue weighted by atomic mass is 16.5. The highest BCUT2D eigenvalue weighted by molar-refractivity contribution is 6.07. The number of nitrogens with zero attached hydrogens (tertiary/aromatic N) is 4. The fraction of sp³-hybridized carbons (Fsp3) is 0.346. The summed E-state index contributed by atoms with van der Waals surface area (Å²) in [5, 5.41) is 9.73. The third kappa shape index (κ3) is 9.95. The van der Waals surface area contributed by atoms with E-state index in [1.54, 1.807) is 9.80 Å². The number of carbonyl (C=O) groups excluding carboxylic acids is 4. The molecule has 2 heterocycles. The number of benzene rings is 5. The summed E-state index contributed by atoms with van der Waals surface area (Å²) in [6.45, 7) is 8.94. The first-order valence-corrected chi connectivity index (χ1v) is 22.6. The lowest BCUT2D eigenvalue weighted by Gasteiger charge is -2.30. The predicted octanol–water partition coefficient (Wildman–Crippen LogP) is 8.37. The highest BCUT2D eigenvalue weighted by Crippen LogP contribution is 2.34. The number of amides is 4. The number of carbonyl (C=O) groups is 4. The van der Waals surface area contributed by atoms with Crippen molar-refractivity contribution in [1.29, 1.82) is 0 Å². The van der Waals surface area contributed by atoms with Crippen LogP contribution in [-0.4, -0.2) is 86.9 Å². The van der Waals surface area contributed by atoms with Gasteiger partial charge in [0.2, 0.25) is 17.7 Å². The van der Waals surface area contributed by atoms with Crippen LogP contribution >= 0.6 is 0 Å². The number of H-pyrrole nitrogens is 2. The molecule has 3 atom stereocenters. The van der Waals surface area contributed by atoms with E-state index in [0.717, 1.165) is 79.6 Å². The molecule has 8 rings (SSSR count). The number of fused-ring (bicyclic) bond motifs is 6. The number of nitrogens with one attached hydrogen (secondary N) is 4. The fourth-order valence-electron chi connectivity index (χ4n) is 8.50. The molecule has 2 aromatic heterocycles. The van der Waals surface area contributed by atoms with Crippen molar-refractivity contribution in [3.05, 3.63) is 108 Å². The summed E-state index contributed by atoms with van der Waals surface area (Å²) >= 11 is 0. The highest BCUT2D eigenvalue weighted by Gasteiger charge is 2.35. The zero-order valence-corrected chi connectivity index (χ0v) is 38.2. The number of aromatic nitrogens is 4. The first-order chi connectivity index (χ1) is 31.9. The van der Waals surface area contributed by atoms with E-state index in [1.165, 1.54) is 14.2 Å². The van der Waals surface area contributed by atoms with Crippen molar-refractivity contribution < 1.29 is 28.7 Å². The van der Waals surface area contributed by atoms with Crippen molar-refractivity contribution >= 4 is 67.4 Å². The van der Waals surface area contributed by atoms with Gasteiger partial charge in [-0.3, -0.25) is 14.4 Å². The van der Waals surface area contributed by atoms with Gasteiger partial charge in [0.1, 0.15) is 29.8 Å². The van der Waals surface area contributed by atoms with Crippen molar-refractivity contribution in [2.75, 3.05) is 27.3 Å². The van der Waals surface area contributed by atoms with Crippen molar-refractivity contribution in [3.63, 3.8) is 0 Å². The normalized spacial score (nSPS) is 13.8. The monoisotopic (exact) mass is 888 g/mol. The molecule has 4 N–H and O–H groups in total. The van der Waals surface area contributed by atoms with Crippen LogP contribution in [0.4, 0.5) is 4.79 Å². The molecule has 0 bridgehead atoms. The molecule has 0 radical (unpaired) electrons. The van der Waals surface area contributed by atoms with Gasteiger partial charge in [0.15, 0.2) is 0 Å². The van der Waals surface area contributed by atoms with E-state index < -0.39 is 18.2 Å². The smallest absolute Gasteiger partial charge is 0.407 e. The summed E-state index contributed by atoms with van der Waals surface area (Å²) in [4.78, 5) is 73.7. The van der Waals surface area contributed by atoms with Gasteiger partial charge in [-0.25, -0.2) is 14.8 Å². The van der Waals surface area contributed by atoms with Gasteiger partial charge in [0.05, 0.1) is 49.4 Å². The molecule has 1 unspecified atom stereocenters. The first kappa shape index (κ1) is 45.2. The molecule has 1 saturated carbocycles. The quantitative estimate of drug-likeness (QED) is 0.0701. The summed E-state index contributed by atoms with van der Waals surface area (Å²) in [6.07, 6.45) is 4.41. The van der Waals surface area contributed by atoms with Crippen LogP contribution in [0.2, 0.25) is 0 Å². The summed E-state index contributed by atoms with van der Waals surface area (Å²) in [7, 11) is 2.76. The molecule has 7 aromatic rings. The van der Waals surface area contributed by atoms with Gasteiger partial charge < -0.3 is 39.9 Å². The number of methoxy groups -OCH3 is 2. The average molecular weight is 889 g/mol. The number of ether oxygens (including phenoxy) is 2. The van der Waals surface area contributed by atoms with E-state index in [1.807, 2.05) is 70.2 Å². The van der Waals surface area contributed by atoms with Gasteiger partial charge in [-0.15, -0.1) is 0 Å². The van der Waals surface area contributed by atoms with Crippen LogP contribution in [0.1, 0.15) is 70.2 Å². The van der Waals surface area contributed by atoms with E-state index in [2.05, 4.69) is 81.2 Å². The van der Waals surface area contributed by atoms with E-state index in [0.29, 0.717) is 18.2 Å². The molecule has 1 aliphatic carbocycles. The van der Waals surface area contributed by atoms with Crippen LogP contribution in [0.15, 0.2) is 91.0 Å². The summed E-state index contributed by atoms with van der Waals surface area (Å²) in [6, 6.07) is 28.7. The lowest BCUT2D eigenvalue weighted by molar-refractivity contribution is -0.137. The topological polar surface area (TPSA) is 175 Å². The summed E-state index contributed by atoms with van der Waals surface area (Å²) in [5.41, 5.74) is 6.17. The lowest BCUT2D eigenvalue weighted by atomic mass is 9.98. The van der Waals surface area contributed by atoms with Crippen LogP contribution in [0.25, 0.3) is 54.7 Å². The van der Waals surface area contributed by atoms with Crippen LogP contribution < -0.4 is 10.6 Å². The first-order valence-electron chi connectivity index (χ1n) is 22.6. The lowest BCUT2D eigenvalue weighted by Crippen LogP contribution is -2.51. The minimum absolute atomic E-state index is 0.0224. The van der Waals surface area contributed by atoms with Crippen LogP contribution in [0.5, 0.6) is 0 Å². The summed E-state index contributed by atoms with van der Waals surface area (Å²) < 4.78 is 9.77. The number of hydrogen-bond acceptors (Lipinski definition) is 8. The Morgan fingerprint density at radius 2 is 1.35 bits per heavy atom. The number of hydrogen-bond donors (Lipinski definition) is 4. The molecule has 0 spiro atoms. The van der Waals surface area contributed by atoms with Crippen molar-refractivity contribution in [1.82, 2.24) is 40.4 Å². The molecule has 340 valence electrons. The third-order valence-electron chi connectivity index (χ3n) is 12.1. The van der Waals surface area contributed by atoms with Gasteiger partial charge in [-0.05, 0) is 83.8 Å². The maximum atomic E-state index is 14.2. The molecule has 1 fully saturated rings. The molecule has 14 nitrogen and oxygen atoms in total. The van der Waals surface area contributed by atoms with Gasteiger partial charge in [0, 0.05) is 35.7 Å². The maximum Gasteiger partial charge on any atom is 0.407 e. The largest absolute Gasteiger partial charge is 0.453 e. The Morgan fingerprint density at radius 1 is 0.758 bits per heavy atom. The Labute approximate surface area is 383 Å². The van der Waals surface area contributed by atoms with Crippen molar-refractivity contribution in [2.24, 2.45) is 17.8 Å². The van der Waals surface area contributed by atoms with Gasteiger partial charge in [-0.2, -0.15) is 0 Å². The molecule has 14 heteroatoms. The SMILES string of the molecule is CCCN(Cc1nc2c(ccc3cc(-c4ccc5c(ccc6[nH]c(CN(CC(C)C#COC)C(=O)[C@@H](NC(=O)OC)C(C)C)nc65)c4)ccc32)[nH]1)C(=O)[C@H](NC(=O)C1CC1)c1ccccc1. The molecule has 5 aromatic carbocycles. The average Bonchev–Trinajstić information content (AvgIpc) is 3.97. The maximum absolute atomic E-state index is 14.2. The van der Waals surface area contributed by atoms with Gasteiger partial charge in [-0.1, -0.05) is 93.4 Å². The Balaban J connectivity index is 1.03. The molecule has 0 aliphatic heterocycles. The zero-order valence-electron chi connectivity index (χ0n) is 38.2. The Morgan fingerprint density at radius 3 is 1.88 bits per heavy atom. The Hall–Kier alpha value is -7.40. The second-order valence-electron chi connectivity index (χ2n) is 17.5. The minimum atomic E-state index is -0.813. The number of rotatable bonds is 16. The summed E-state index contributed by atoms with van der Waals surface area (Å²) in [5.74, 6) is 3.34. The standard InChI is InChI=1S/C52H56N8O6/c1-7-24-59(51(63)46(33-11-9-8-10-12-33)57-49(61)34-13-14-34)29-43-53-41-21-17-37-26-35(15-19-39(37)47(41)55-43)36-16-20-40-38(27-36)18-22-42-48(40)56-44(54-42)30-60(28-32(4)23-25-65-5)50(62)45(31(2)3)58-52(64)66-6/h8-12,15-22,26-27,31-32,34,45-46H,7,13-14,24,28-30H2,1-6H3,(H,53,55)(H,54,56)(H,57,61)(H,58,64)/t32?,45-,46+/m0/s1. The van der Waals surface area contributed by atoms with Crippen LogP contribution in [-0.2, 0) is 36.9 Å². The third-order valence-corrected chi connectivity index (χ3v) is 12.1. The number of imidazole rings is 2. The minimum Gasteiger partial charge on any atom is -0.453 e. The molecular weight excluding hydrogens is 833 g/mol. The second kappa shape index (κ2) is 19.8. The van der Waals surface area contributed by atoms with Crippen LogP contribution in [0.3, 0.4) is 0 Å². The van der Waals surface area contributed by atoms with Crippen LogP contribution in [0, 0.1) is 29.8 Å². The van der Waals surface area contributed by atoms with E-state index in [4.69, 9.17) is 19.4 Å². The molecule has 1 aliphatic rings. The van der Waals surface area contributed by atoms with E-state index in [-0.39, 0.29) is 55.1 Å². The fourth-order valence-corrected chi connectivity index (χ4v) is 8.50. The molecule has 4 amide bonds. The Kier molecular flexibility index (Phi) is 13.5.